The van der Waals surface area contributed by atoms with E-state index in [1.54, 1.807) is 18.2 Å². The molecule has 0 aliphatic carbocycles. The Hall–Kier alpha value is -1.88. The number of carbonyl (C=O) groups excluding carboxylic acids is 1. The monoisotopic (exact) mass is 224 g/mol. The second-order valence-corrected chi connectivity index (χ2v) is 3.04. The molecule has 0 bridgehead atoms. The number of hydrogen-bond donors (Lipinski definition) is 1. The molecule has 0 amide bonds. The zero-order valence-corrected chi connectivity index (χ0v) is 8.80. The van der Waals surface area contributed by atoms with Gasteiger partial charge in [-0.1, -0.05) is 12.1 Å². The number of Topliss-reactive ketones (excluding diaryl/α,β-unsaturated/α-hetero) is 1. The molecule has 86 valence electrons. The predicted molar refractivity (Wildman–Crippen MR) is 55.5 cm³/mol. The van der Waals surface area contributed by atoms with Gasteiger partial charge in [0.15, 0.2) is 12.6 Å². The number of rotatable bonds is 6. The van der Waals surface area contributed by atoms with E-state index in [0.717, 1.165) is 0 Å². The topological polar surface area (TPSA) is 72.8 Å². The van der Waals surface area contributed by atoms with Crippen LogP contribution in [-0.2, 0) is 9.53 Å². The number of ketones is 1. The van der Waals surface area contributed by atoms with Gasteiger partial charge in [0.25, 0.3) is 0 Å². The number of aliphatic carboxylic acids is 1. The van der Waals surface area contributed by atoms with Gasteiger partial charge in [0.05, 0.1) is 5.56 Å². The summed E-state index contributed by atoms with van der Waals surface area (Å²) in [6.07, 6.45) is -0.548. The Morgan fingerprint density at radius 1 is 1.31 bits per heavy atom. The molecule has 16 heavy (non-hydrogen) atoms. The molecular weight excluding hydrogens is 212 g/mol. The summed E-state index contributed by atoms with van der Waals surface area (Å²) in [5.41, 5.74) is 0.252. The zero-order valence-electron chi connectivity index (χ0n) is 8.80. The fraction of sp³-hybridized carbons (Fsp3) is 0.273. The summed E-state index contributed by atoms with van der Waals surface area (Å²) >= 11 is 0. The van der Waals surface area contributed by atoms with Gasteiger partial charge in [0, 0.05) is 7.11 Å². The number of carboxylic acid groups (broad SMARTS) is 1. The van der Waals surface area contributed by atoms with Crippen LogP contribution in [0, 0.1) is 0 Å². The van der Waals surface area contributed by atoms with E-state index >= 15 is 0 Å². The number of ether oxygens (including phenoxy) is 2. The van der Waals surface area contributed by atoms with Gasteiger partial charge in [0.2, 0.25) is 0 Å². The number of methoxy groups -OCH3 is 1. The van der Waals surface area contributed by atoms with Crippen molar-refractivity contribution in [3.8, 4) is 5.75 Å². The van der Waals surface area contributed by atoms with E-state index in [1.165, 1.54) is 13.2 Å². The number of hydrogen-bond acceptors (Lipinski definition) is 4. The molecule has 5 heteroatoms. The van der Waals surface area contributed by atoms with Crippen molar-refractivity contribution >= 4 is 11.8 Å². The van der Waals surface area contributed by atoms with Crippen LogP contribution >= 0.6 is 0 Å². The Morgan fingerprint density at radius 3 is 2.62 bits per heavy atom. The van der Waals surface area contributed by atoms with E-state index in [2.05, 4.69) is 0 Å². The number of carboxylic acids is 1. The summed E-state index contributed by atoms with van der Waals surface area (Å²) in [6, 6.07) is 6.46. The second-order valence-electron chi connectivity index (χ2n) is 3.04. The van der Waals surface area contributed by atoms with Gasteiger partial charge in [0.1, 0.15) is 12.2 Å². The Morgan fingerprint density at radius 2 is 2.00 bits per heavy atom. The van der Waals surface area contributed by atoms with Crippen molar-refractivity contribution in [3.63, 3.8) is 0 Å². The third kappa shape index (κ3) is 3.36. The third-order valence-corrected chi connectivity index (χ3v) is 1.83. The minimum atomic E-state index is -1.16. The molecule has 1 aromatic carbocycles. The molecule has 0 spiro atoms. The summed E-state index contributed by atoms with van der Waals surface area (Å²) in [7, 11) is 1.46. The van der Waals surface area contributed by atoms with Crippen LogP contribution in [0.2, 0.25) is 0 Å². The van der Waals surface area contributed by atoms with Crippen LogP contribution in [0.25, 0.3) is 0 Å². The van der Waals surface area contributed by atoms with Crippen LogP contribution in [0.5, 0.6) is 5.75 Å². The molecular formula is C11H12O5. The van der Waals surface area contributed by atoms with Crippen molar-refractivity contribution in [2.75, 3.05) is 13.9 Å². The predicted octanol–water partition coefficient (Wildman–Crippen LogP) is 1.33. The van der Waals surface area contributed by atoms with Gasteiger partial charge in [-0.2, -0.15) is 0 Å². The van der Waals surface area contributed by atoms with Crippen LogP contribution in [0.15, 0.2) is 24.3 Å². The van der Waals surface area contributed by atoms with Crippen LogP contribution in [0.4, 0.5) is 0 Å². The van der Waals surface area contributed by atoms with E-state index in [1.807, 2.05) is 0 Å². The first kappa shape index (κ1) is 12.2. The lowest BCUT2D eigenvalue weighted by atomic mass is 10.1. The van der Waals surface area contributed by atoms with Crippen LogP contribution in [0.1, 0.15) is 16.8 Å². The molecule has 1 rings (SSSR count). The molecule has 0 atom stereocenters. The van der Waals surface area contributed by atoms with E-state index in [0.29, 0.717) is 5.75 Å². The fourth-order valence-corrected chi connectivity index (χ4v) is 1.18. The second kappa shape index (κ2) is 5.87. The molecule has 0 aliphatic rings. The van der Waals surface area contributed by atoms with Gasteiger partial charge in [-0.25, -0.2) is 0 Å². The van der Waals surface area contributed by atoms with Crippen LogP contribution in [-0.4, -0.2) is 30.8 Å². The number of benzene rings is 1. The summed E-state index contributed by atoms with van der Waals surface area (Å²) in [5.74, 6) is -1.32. The number of carbonyl (C=O) groups is 2. The highest BCUT2D eigenvalue weighted by molar-refractivity contribution is 6.07. The Kier molecular flexibility index (Phi) is 4.47. The van der Waals surface area contributed by atoms with Crippen molar-refractivity contribution in [2.45, 2.75) is 6.42 Å². The molecule has 0 aliphatic heterocycles. The van der Waals surface area contributed by atoms with Crippen LogP contribution < -0.4 is 4.74 Å². The van der Waals surface area contributed by atoms with Crippen molar-refractivity contribution in [3.05, 3.63) is 29.8 Å². The lowest BCUT2D eigenvalue weighted by Crippen LogP contribution is -2.10. The zero-order chi connectivity index (χ0) is 12.0. The Balaban J connectivity index is 2.85. The highest BCUT2D eigenvalue weighted by atomic mass is 16.7. The average Bonchev–Trinajstić information content (AvgIpc) is 2.25. The molecule has 1 N–H and O–H groups in total. The highest BCUT2D eigenvalue weighted by Gasteiger charge is 2.15. The molecule has 0 heterocycles. The van der Waals surface area contributed by atoms with Gasteiger partial charge in [-0.3, -0.25) is 9.59 Å². The first-order chi connectivity index (χ1) is 7.65. The smallest absolute Gasteiger partial charge is 0.311 e. The van der Waals surface area contributed by atoms with Crippen LogP contribution in [0.3, 0.4) is 0 Å². The molecule has 0 saturated carbocycles. The molecule has 0 saturated heterocycles. The summed E-state index contributed by atoms with van der Waals surface area (Å²) in [6.45, 7) is 0.0113. The Labute approximate surface area is 92.6 Å². The summed E-state index contributed by atoms with van der Waals surface area (Å²) in [5, 5.41) is 8.53. The van der Waals surface area contributed by atoms with E-state index < -0.39 is 18.2 Å². The summed E-state index contributed by atoms with van der Waals surface area (Å²) in [4.78, 5) is 22.0. The lowest BCUT2D eigenvalue weighted by Gasteiger charge is -2.08. The van der Waals surface area contributed by atoms with Gasteiger partial charge < -0.3 is 14.6 Å². The molecule has 0 aromatic heterocycles. The summed E-state index contributed by atoms with van der Waals surface area (Å²) < 4.78 is 9.86. The van der Waals surface area contributed by atoms with Gasteiger partial charge >= 0.3 is 5.97 Å². The first-order valence-electron chi connectivity index (χ1n) is 4.61. The Bertz CT molecular complexity index is 386. The quantitative estimate of drug-likeness (QED) is 0.448. The fourth-order valence-electron chi connectivity index (χ4n) is 1.18. The van der Waals surface area contributed by atoms with E-state index in [9.17, 15) is 9.59 Å². The SMILES string of the molecule is COCOc1ccccc1C(=O)CC(=O)O. The molecule has 0 unspecified atom stereocenters. The van der Waals surface area contributed by atoms with E-state index in [-0.39, 0.29) is 12.4 Å². The maximum absolute atomic E-state index is 11.5. The van der Waals surface area contributed by atoms with Crippen molar-refractivity contribution < 1.29 is 24.2 Å². The third-order valence-electron chi connectivity index (χ3n) is 1.83. The average molecular weight is 224 g/mol. The molecule has 0 radical (unpaired) electrons. The normalized spacial score (nSPS) is 9.81. The molecule has 0 fully saturated rings. The molecule has 1 aromatic rings. The van der Waals surface area contributed by atoms with Crippen molar-refractivity contribution in [2.24, 2.45) is 0 Å². The van der Waals surface area contributed by atoms with Gasteiger partial charge in [-0.15, -0.1) is 0 Å². The first-order valence-corrected chi connectivity index (χ1v) is 4.61. The maximum Gasteiger partial charge on any atom is 0.311 e. The standard InChI is InChI=1S/C11H12O5/c1-15-7-16-10-5-3-2-4-8(10)9(12)6-11(13)14/h2-5H,6-7H2,1H3,(H,13,14). The minimum absolute atomic E-state index is 0.0113. The number of para-hydroxylation sites is 1. The van der Waals surface area contributed by atoms with Crippen molar-refractivity contribution in [1.29, 1.82) is 0 Å². The van der Waals surface area contributed by atoms with Gasteiger partial charge in [-0.05, 0) is 12.1 Å². The van der Waals surface area contributed by atoms with E-state index in [4.69, 9.17) is 14.6 Å². The largest absolute Gasteiger partial charge is 0.481 e. The van der Waals surface area contributed by atoms with Crippen molar-refractivity contribution in [1.82, 2.24) is 0 Å². The molecule has 5 nitrogen and oxygen atoms in total. The maximum atomic E-state index is 11.5. The highest BCUT2D eigenvalue weighted by Crippen LogP contribution is 2.19. The lowest BCUT2D eigenvalue weighted by molar-refractivity contribution is -0.135. The minimum Gasteiger partial charge on any atom is -0.481 e.